The van der Waals surface area contributed by atoms with Crippen molar-refractivity contribution in [2.24, 2.45) is 5.73 Å². The summed E-state index contributed by atoms with van der Waals surface area (Å²) in [6.45, 7) is 2.26. The van der Waals surface area contributed by atoms with Gasteiger partial charge >= 0.3 is 12.1 Å². The zero-order valence-corrected chi connectivity index (χ0v) is 17.9. The van der Waals surface area contributed by atoms with Crippen molar-refractivity contribution in [3.63, 3.8) is 0 Å². The Bertz CT molecular complexity index is 1090. The monoisotopic (exact) mass is 459 g/mol. The van der Waals surface area contributed by atoms with E-state index in [0.717, 1.165) is 23.3 Å². The number of anilines is 2. The lowest BCUT2D eigenvalue weighted by molar-refractivity contribution is -0.144. The first-order valence-corrected chi connectivity index (χ1v) is 10.2. The van der Waals surface area contributed by atoms with E-state index in [0.29, 0.717) is 23.5 Å². The molecule has 1 unspecified atom stereocenters. The molecule has 174 valence electrons. The fourth-order valence-corrected chi connectivity index (χ4v) is 3.11. The Morgan fingerprint density at radius 2 is 1.70 bits per heavy atom. The molecule has 1 atom stereocenters. The second-order valence-electron chi connectivity index (χ2n) is 7.30. The Balaban J connectivity index is 1.68. The Hall–Kier alpha value is -3.66. The summed E-state index contributed by atoms with van der Waals surface area (Å²) in [4.78, 5) is 20.1. The largest absolute Gasteiger partial charge is 0.465 e. The van der Waals surface area contributed by atoms with E-state index in [1.807, 2.05) is 24.3 Å². The van der Waals surface area contributed by atoms with E-state index in [-0.39, 0.29) is 19.1 Å². The Kier molecular flexibility index (Phi) is 7.49. The molecule has 0 spiro atoms. The number of carbonyl (C=O) groups excluding carboxylic acids is 1. The average Bonchev–Trinajstić information content (AvgIpc) is 2.77. The number of alkyl halides is 3. The third-order valence-electron chi connectivity index (χ3n) is 4.79. The standard InChI is InChI=1S/C23H24F3N5O2/c1-2-33-21(32)18(27)11-14-3-7-16(8-4-14)19-12-20(31-22(28)30-19)29-13-15-5-9-17(10-6-15)23(24,25)26/h3-10,12,18H,2,11,13,27H2,1H3,(H3,28,29,30,31). The van der Waals surface area contributed by atoms with Crippen molar-refractivity contribution in [1.29, 1.82) is 0 Å². The quantitative estimate of drug-likeness (QED) is 0.439. The second-order valence-corrected chi connectivity index (χ2v) is 7.30. The van der Waals surface area contributed by atoms with Crippen molar-refractivity contribution in [2.75, 3.05) is 17.7 Å². The van der Waals surface area contributed by atoms with Gasteiger partial charge in [-0.25, -0.2) is 4.98 Å². The minimum absolute atomic E-state index is 0.0517. The van der Waals surface area contributed by atoms with Gasteiger partial charge < -0.3 is 21.5 Å². The predicted octanol–water partition coefficient (Wildman–Crippen LogP) is 3.79. The fourth-order valence-electron chi connectivity index (χ4n) is 3.11. The van der Waals surface area contributed by atoms with E-state index in [2.05, 4.69) is 15.3 Å². The molecule has 1 aromatic heterocycles. The van der Waals surface area contributed by atoms with Gasteiger partial charge in [-0.1, -0.05) is 36.4 Å². The Morgan fingerprint density at radius 3 is 2.30 bits per heavy atom. The SMILES string of the molecule is CCOC(=O)C(N)Cc1ccc(-c2cc(NCc3ccc(C(F)(F)F)cc3)nc(N)n2)cc1. The van der Waals surface area contributed by atoms with Gasteiger partial charge in [-0.05, 0) is 36.6 Å². The molecule has 2 aromatic carbocycles. The highest BCUT2D eigenvalue weighted by atomic mass is 19.4. The topological polar surface area (TPSA) is 116 Å². The first-order chi connectivity index (χ1) is 15.7. The Morgan fingerprint density at radius 1 is 1.06 bits per heavy atom. The summed E-state index contributed by atoms with van der Waals surface area (Å²) >= 11 is 0. The van der Waals surface area contributed by atoms with Crippen LogP contribution in [0.15, 0.2) is 54.6 Å². The first kappa shape index (κ1) is 24.0. The molecule has 3 rings (SSSR count). The van der Waals surface area contributed by atoms with Crippen molar-refractivity contribution in [1.82, 2.24) is 9.97 Å². The summed E-state index contributed by atoms with van der Waals surface area (Å²) in [6, 6.07) is 13.2. The van der Waals surface area contributed by atoms with Gasteiger partial charge in [0.05, 0.1) is 17.9 Å². The van der Waals surface area contributed by atoms with Crippen LogP contribution < -0.4 is 16.8 Å². The van der Waals surface area contributed by atoms with Gasteiger partial charge in [0.2, 0.25) is 5.95 Å². The highest BCUT2D eigenvalue weighted by Crippen LogP contribution is 2.29. The molecule has 7 nitrogen and oxygen atoms in total. The maximum Gasteiger partial charge on any atom is 0.416 e. The number of carbonyl (C=O) groups is 1. The fraction of sp³-hybridized carbons (Fsp3) is 0.261. The van der Waals surface area contributed by atoms with Crippen molar-refractivity contribution < 1.29 is 22.7 Å². The number of nitrogen functional groups attached to an aromatic ring is 1. The van der Waals surface area contributed by atoms with Gasteiger partial charge in [-0.2, -0.15) is 18.2 Å². The second kappa shape index (κ2) is 10.3. The number of nitrogens with one attached hydrogen (secondary N) is 1. The van der Waals surface area contributed by atoms with Crippen LogP contribution in [0.1, 0.15) is 23.6 Å². The summed E-state index contributed by atoms with van der Waals surface area (Å²) in [7, 11) is 0. The van der Waals surface area contributed by atoms with Gasteiger partial charge in [0, 0.05) is 18.2 Å². The molecule has 0 aliphatic carbocycles. The summed E-state index contributed by atoms with van der Waals surface area (Å²) in [5.41, 5.74) is 13.9. The number of benzene rings is 2. The van der Waals surface area contributed by atoms with Crippen LogP contribution in [0, 0.1) is 0 Å². The first-order valence-electron chi connectivity index (χ1n) is 10.2. The molecule has 0 aliphatic heterocycles. The summed E-state index contributed by atoms with van der Waals surface area (Å²) in [5.74, 6) is 0.0375. The molecule has 0 saturated carbocycles. The van der Waals surface area contributed by atoms with E-state index < -0.39 is 23.8 Å². The van der Waals surface area contributed by atoms with Crippen LogP contribution in [0.5, 0.6) is 0 Å². The van der Waals surface area contributed by atoms with Gasteiger partial charge in [-0.3, -0.25) is 4.79 Å². The highest BCUT2D eigenvalue weighted by molar-refractivity contribution is 5.76. The van der Waals surface area contributed by atoms with Crippen molar-refractivity contribution in [2.45, 2.75) is 32.1 Å². The van der Waals surface area contributed by atoms with E-state index in [1.165, 1.54) is 12.1 Å². The van der Waals surface area contributed by atoms with Crippen LogP contribution >= 0.6 is 0 Å². The molecular formula is C23H24F3N5O2. The third-order valence-corrected chi connectivity index (χ3v) is 4.79. The van der Waals surface area contributed by atoms with Crippen molar-refractivity contribution in [3.05, 3.63) is 71.3 Å². The lowest BCUT2D eigenvalue weighted by atomic mass is 10.0. The number of halogens is 3. The highest BCUT2D eigenvalue weighted by Gasteiger charge is 2.29. The number of esters is 1. The molecule has 1 heterocycles. The molecule has 0 amide bonds. The minimum Gasteiger partial charge on any atom is -0.465 e. The molecule has 3 aromatic rings. The normalized spacial score (nSPS) is 12.3. The van der Waals surface area contributed by atoms with E-state index in [1.54, 1.807) is 13.0 Å². The molecule has 0 fully saturated rings. The number of ether oxygens (including phenoxy) is 1. The van der Waals surface area contributed by atoms with E-state index >= 15 is 0 Å². The van der Waals surface area contributed by atoms with Crippen LogP contribution in [-0.2, 0) is 28.7 Å². The van der Waals surface area contributed by atoms with Gasteiger partial charge in [0.15, 0.2) is 0 Å². The van der Waals surface area contributed by atoms with Crippen molar-refractivity contribution >= 4 is 17.7 Å². The van der Waals surface area contributed by atoms with Crippen LogP contribution in [-0.4, -0.2) is 28.6 Å². The number of aromatic nitrogens is 2. The van der Waals surface area contributed by atoms with E-state index in [9.17, 15) is 18.0 Å². The zero-order valence-electron chi connectivity index (χ0n) is 17.9. The molecule has 0 bridgehead atoms. The lowest BCUT2D eigenvalue weighted by Crippen LogP contribution is -2.34. The minimum atomic E-state index is -4.37. The average molecular weight is 459 g/mol. The third kappa shape index (κ3) is 6.66. The van der Waals surface area contributed by atoms with Crippen LogP contribution in [0.3, 0.4) is 0 Å². The maximum absolute atomic E-state index is 12.7. The summed E-state index contributed by atoms with van der Waals surface area (Å²) < 4.78 is 43.0. The van der Waals surface area contributed by atoms with E-state index in [4.69, 9.17) is 16.2 Å². The molecule has 0 saturated heterocycles. The van der Waals surface area contributed by atoms with Crippen LogP contribution in [0.2, 0.25) is 0 Å². The number of hydrogen-bond acceptors (Lipinski definition) is 7. The smallest absolute Gasteiger partial charge is 0.416 e. The summed E-state index contributed by atoms with van der Waals surface area (Å²) in [5, 5.41) is 3.05. The van der Waals surface area contributed by atoms with Gasteiger partial charge in [0.1, 0.15) is 11.9 Å². The Labute approximate surface area is 189 Å². The molecule has 5 N–H and O–H groups in total. The zero-order chi connectivity index (χ0) is 24.0. The molecule has 0 aliphatic rings. The van der Waals surface area contributed by atoms with Crippen LogP contribution in [0.25, 0.3) is 11.3 Å². The predicted molar refractivity (Wildman–Crippen MR) is 119 cm³/mol. The molecule has 33 heavy (non-hydrogen) atoms. The lowest BCUT2D eigenvalue weighted by Gasteiger charge is -2.12. The molecular weight excluding hydrogens is 435 g/mol. The molecule has 10 heteroatoms. The van der Waals surface area contributed by atoms with Gasteiger partial charge in [0.25, 0.3) is 0 Å². The van der Waals surface area contributed by atoms with Gasteiger partial charge in [-0.15, -0.1) is 0 Å². The number of nitrogens with zero attached hydrogens (tertiary/aromatic N) is 2. The van der Waals surface area contributed by atoms with Crippen LogP contribution in [0.4, 0.5) is 24.9 Å². The number of nitrogens with two attached hydrogens (primary N) is 2. The number of hydrogen-bond donors (Lipinski definition) is 3. The maximum atomic E-state index is 12.7. The number of rotatable bonds is 8. The molecule has 0 radical (unpaired) electrons. The summed E-state index contributed by atoms with van der Waals surface area (Å²) in [6.07, 6.45) is -4.04. The van der Waals surface area contributed by atoms with Crippen molar-refractivity contribution in [3.8, 4) is 11.3 Å².